The number of rotatable bonds is 6. The van der Waals surface area contributed by atoms with Gasteiger partial charge in [-0.1, -0.05) is 36.4 Å². The molecule has 5 rings (SSSR count). The number of nitrogens with zero attached hydrogens (tertiary/aromatic N) is 4. The van der Waals surface area contributed by atoms with Crippen LogP contribution in [-0.2, 0) is 4.79 Å². The lowest BCUT2D eigenvalue weighted by molar-refractivity contribution is -0.126. The zero-order valence-corrected chi connectivity index (χ0v) is 22.5. The number of amides is 1. The van der Waals surface area contributed by atoms with Gasteiger partial charge in [0.05, 0.1) is 31.8 Å². The number of ether oxygens (including phenoxy) is 2. The normalized spacial score (nSPS) is 17.3. The number of likely N-dealkylation sites (tertiary alicyclic amines) is 1. The average Bonchev–Trinajstić information content (AvgIpc) is 3.42. The van der Waals surface area contributed by atoms with Gasteiger partial charge in [-0.15, -0.1) is 0 Å². The van der Waals surface area contributed by atoms with Gasteiger partial charge < -0.3 is 19.5 Å². The van der Waals surface area contributed by atoms with Crippen molar-refractivity contribution in [3.8, 4) is 11.5 Å². The number of carbonyl (C=O) groups excluding carboxylic acids is 1. The molecule has 1 N–H and O–H groups in total. The number of halogens is 3. The molecule has 3 aromatic rings. The molecule has 8 nitrogen and oxygen atoms in total. The number of hydrogen-bond donors (Lipinski definition) is 1. The largest absolute Gasteiger partial charge is 0.494 e. The van der Waals surface area contributed by atoms with E-state index in [4.69, 9.17) is 21.1 Å². The Morgan fingerprint density at radius 1 is 1.12 bits per heavy atom. The van der Waals surface area contributed by atoms with Crippen LogP contribution in [0.15, 0.2) is 83.5 Å². The zero-order chi connectivity index (χ0) is 28.6. The predicted octanol–water partition coefficient (Wildman–Crippen LogP) is 5.60. The van der Waals surface area contributed by atoms with Crippen molar-refractivity contribution in [2.24, 2.45) is 4.99 Å². The highest BCUT2D eigenvalue weighted by molar-refractivity contribution is 6.31. The molecule has 1 unspecified atom stereocenters. The maximum atomic E-state index is 14.4. The molecule has 3 heterocycles. The second-order valence-corrected chi connectivity index (χ2v) is 9.63. The summed E-state index contributed by atoms with van der Waals surface area (Å²) in [4.78, 5) is 25.2. The third-order valence-corrected chi connectivity index (χ3v) is 7.03. The molecule has 0 aliphatic carbocycles. The minimum Gasteiger partial charge on any atom is -0.494 e. The van der Waals surface area contributed by atoms with E-state index >= 15 is 0 Å². The molecule has 0 radical (unpaired) electrons. The maximum absolute atomic E-state index is 14.4. The second-order valence-electron chi connectivity index (χ2n) is 9.19. The number of aliphatic hydroxyl groups excluding tert-OH is 1. The first-order valence-electron chi connectivity index (χ1n) is 12.3. The minimum absolute atomic E-state index is 0.0251. The number of carbonyl (C=O) groups is 1. The van der Waals surface area contributed by atoms with Crippen LogP contribution in [-0.4, -0.2) is 54.0 Å². The number of amidine groups is 1. The highest BCUT2D eigenvalue weighted by Crippen LogP contribution is 2.43. The summed E-state index contributed by atoms with van der Waals surface area (Å²) in [6.07, 6.45) is 1.35. The van der Waals surface area contributed by atoms with Crippen molar-refractivity contribution in [1.29, 1.82) is 0 Å². The lowest BCUT2D eigenvalue weighted by atomic mass is 10.0. The number of hydrogen-bond acceptors (Lipinski definition) is 7. The number of methoxy groups -OCH3 is 2. The van der Waals surface area contributed by atoms with Crippen molar-refractivity contribution in [3.05, 3.63) is 106 Å². The Kier molecular flexibility index (Phi) is 7.44. The summed E-state index contributed by atoms with van der Waals surface area (Å²) < 4.78 is 38.9. The van der Waals surface area contributed by atoms with Crippen LogP contribution in [0.25, 0.3) is 0 Å². The van der Waals surface area contributed by atoms with Crippen molar-refractivity contribution in [2.75, 3.05) is 32.2 Å². The van der Waals surface area contributed by atoms with E-state index in [1.165, 1.54) is 24.0 Å². The average molecular weight is 567 g/mol. The number of pyridine rings is 1. The molecule has 11 heteroatoms. The smallest absolute Gasteiger partial charge is 0.261 e. The topological polar surface area (TPSA) is 87.5 Å². The number of anilines is 1. The molecule has 2 aliphatic heterocycles. The van der Waals surface area contributed by atoms with Crippen LogP contribution in [0.1, 0.15) is 23.6 Å². The van der Waals surface area contributed by atoms with Crippen molar-refractivity contribution in [3.63, 3.8) is 0 Å². The summed E-state index contributed by atoms with van der Waals surface area (Å²) in [5.74, 6) is -2.06. The first kappa shape index (κ1) is 27.1. The van der Waals surface area contributed by atoms with Crippen LogP contribution in [0, 0.1) is 11.6 Å². The van der Waals surface area contributed by atoms with Gasteiger partial charge in [0, 0.05) is 35.7 Å². The molecule has 0 bridgehead atoms. The SMILES string of the molecule is C=C1N=C(c2cccc(Cl)c2)N(c2c(OC)cccc2OC)C(O)=C1C(=O)N1CCC(c2ncc(F)cc2F)C1. The standard InChI is InChI=1S/C29H25ClF2N4O4/c1-16-24(28(37)35-11-10-18(15-35)25-21(32)13-20(31)14-33-25)29(38)36(26-22(39-2)8-5-9-23(26)40-3)27(34-16)17-6-4-7-19(30)12-17/h4-9,12-14,18,38H,1,10-11,15H2,2-3H3. The quantitative estimate of drug-likeness (QED) is 0.418. The van der Waals surface area contributed by atoms with E-state index < -0.39 is 29.3 Å². The molecule has 0 spiro atoms. The molecule has 40 heavy (non-hydrogen) atoms. The van der Waals surface area contributed by atoms with E-state index in [2.05, 4.69) is 16.6 Å². The lowest BCUT2D eigenvalue weighted by Crippen LogP contribution is -2.40. The molecule has 1 amide bonds. The van der Waals surface area contributed by atoms with E-state index in [1.807, 2.05) is 0 Å². The summed E-state index contributed by atoms with van der Waals surface area (Å²) in [7, 11) is 2.94. The van der Waals surface area contributed by atoms with E-state index in [0.717, 1.165) is 12.3 Å². The van der Waals surface area contributed by atoms with E-state index in [-0.39, 0.29) is 35.9 Å². The fourth-order valence-electron chi connectivity index (χ4n) is 4.93. The molecule has 1 aromatic heterocycles. The Hall–Kier alpha value is -4.44. The fraction of sp³-hybridized carbons (Fsp3) is 0.207. The van der Waals surface area contributed by atoms with Crippen molar-refractivity contribution >= 4 is 29.0 Å². The van der Waals surface area contributed by atoms with Gasteiger partial charge in [0.15, 0.2) is 0 Å². The third kappa shape index (κ3) is 4.86. The summed E-state index contributed by atoms with van der Waals surface area (Å²) in [6.45, 7) is 4.33. The van der Waals surface area contributed by atoms with Crippen molar-refractivity contribution in [1.82, 2.24) is 9.88 Å². The van der Waals surface area contributed by atoms with Gasteiger partial charge in [-0.3, -0.25) is 14.7 Å². The van der Waals surface area contributed by atoms with Crippen LogP contribution in [0.5, 0.6) is 11.5 Å². The first-order chi connectivity index (χ1) is 19.2. The van der Waals surface area contributed by atoms with E-state index in [9.17, 15) is 18.7 Å². The minimum atomic E-state index is -0.777. The molecule has 2 aromatic carbocycles. The molecule has 2 aliphatic rings. The molecule has 206 valence electrons. The number of benzene rings is 2. The van der Waals surface area contributed by atoms with Crippen LogP contribution in [0.4, 0.5) is 14.5 Å². The Labute approximate surface area is 234 Å². The van der Waals surface area contributed by atoms with Crippen LogP contribution in [0.2, 0.25) is 5.02 Å². The molecule has 0 saturated carbocycles. The van der Waals surface area contributed by atoms with Crippen molar-refractivity contribution < 1.29 is 28.2 Å². The highest BCUT2D eigenvalue weighted by Gasteiger charge is 2.39. The number of aliphatic imine (C=N–C) groups is 1. The summed E-state index contributed by atoms with van der Waals surface area (Å²) >= 11 is 6.26. The molecule has 1 atom stereocenters. The summed E-state index contributed by atoms with van der Waals surface area (Å²) in [5, 5.41) is 12.2. The highest BCUT2D eigenvalue weighted by atomic mass is 35.5. The summed E-state index contributed by atoms with van der Waals surface area (Å²) in [6, 6.07) is 12.7. The zero-order valence-electron chi connectivity index (χ0n) is 21.7. The van der Waals surface area contributed by atoms with Gasteiger partial charge in [0.25, 0.3) is 5.91 Å². The Balaban J connectivity index is 1.58. The fourth-order valence-corrected chi connectivity index (χ4v) is 5.12. The van der Waals surface area contributed by atoms with Gasteiger partial charge in [-0.05, 0) is 30.7 Å². The molecule has 1 fully saturated rings. The monoisotopic (exact) mass is 566 g/mol. The third-order valence-electron chi connectivity index (χ3n) is 6.80. The Morgan fingerprint density at radius 2 is 1.82 bits per heavy atom. The number of aromatic nitrogens is 1. The lowest BCUT2D eigenvalue weighted by Gasteiger charge is -2.33. The molecular formula is C29H25ClF2N4O4. The van der Waals surface area contributed by atoms with Gasteiger partial charge in [0.2, 0.25) is 5.88 Å². The van der Waals surface area contributed by atoms with E-state index in [0.29, 0.717) is 34.2 Å². The Bertz CT molecular complexity index is 1550. The van der Waals surface area contributed by atoms with Gasteiger partial charge in [-0.25, -0.2) is 13.8 Å². The predicted molar refractivity (Wildman–Crippen MR) is 147 cm³/mol. The molecular weight excluding hydrogens is 542 g/mol. The first-order valence-corrected chi connectivity index (χ1v) is 12.7. The second kappa shape index (κ2) is 11.0. The van der Waals surface area contributed by atoms with Gasteiger partial charge in [-0.2, -0.15) is 0 Å². The van der Waals surface area contributed by atoms with Crippen LogP contribution >= 0.6 is 11.6 Å². The van der Waals surface area contributed by atoms with Gasteiger partial charge >= 0.3 is 0 Å². The van der Waals surface area contributed by atoms with Crippen LogP contribution in [0.3, 0.4) is 0 Å². The van der Waals surface area contributed by atoms with Gasteiger partial charge in [0.1, 0.15) is 40.2 Å². The van der Waals surface area contributed by atoms with Crippen LogP contribution < -0.4 is 14.4 Å². The van der Waals surface area contributed by atoms with Crippen molar-refractivity contribution in [2.45, 2.75) is 12.3 Å². The Morgan fingerprint density at radius 3 is 2.48 bits per heavy atom. The maximum Gasteiger partial charge on any atom is 0.261 e. The molecule has 1 saturated heterocycles. The van der Waals surface area contributed by atoms with E-state index in [1.54, 1.807) is 42.5 Å². The number of aliphatic hydroxyl groups is 1. The summed E-state index contributed by atoms with van der Waals surface area (Å²) in [5.41, 5.74) is 0.806. The number of para-hydroxylation sites is 1.